The molecular weight excluding hydrogens is 459 g/mol. The Morgan fingerprint density at radius 3 is 2.27 bits per heavy atom. The summed E-state index contributed by atoms with van der Waals surface area (Å²) in [5.41, 5.74) is 2.17. The maximum absolute atomic E-state index is 13.0. The van der Waals surface area contributed by atoms with Gasteiger partial charge in [0, 0.05) is 47.4 Å². The van der Waals surface area contributed by atoms with E-state index >= 15 is 0 Å². The van der Waals surface area contributed by atoms with Gasteiger partial charge in [0.1, 0.15) is 11.7 Å². The van der Waals surface area contributed by atoms with Crippen molar-refractivity contribution >= 4 is 46.5 Å². The minimum atomic E-state index is -0.412. The summed E-state index contributed by atoms with van der Waals surface area (Å²) in [6.45, 7) is 1.79. The fraction of sp³-hybridized carbons (Fsp3) is 0.200. The summed E-state index contributed by atoms with van der Waals surface area (Å²) < 4.78 is 0. The van der Waals surface area contributed by atoms with Gasteiger partial charge in [0.25, 0.3) is 5.91 Å². The van der Waals surface area contributed by atoms with Crippen LogP contribution in [0.25, 0.3) is 0 Å². The van der Waals surface area contributed by atoms with E-state index in [-0.39, 0.29) is 12.2 Å². The van der Waals surface area contributed by atoms with Crippen molar-refractivity contribution in [3.05, 3.63) is 93.1 Å². The summed E-state index contributed by atoms with van der Waals surface area (Å²) in [5.74, 6) is 0.288. The molecule has 1 fully saturated rings. The van der Waals surface area contributed by atoms with E-state index in [9.17, 15) is 9.59 Å². The third-order valence-corrected chi connectivity index (χ3v) is 6.00. The second-order valence-corrected chi connectivity index (χ2v) is 8.71. The first-order valence-corrected chi connectivity index (χ1v) is 11.3. The molecule has 1 saturated heterocycles. The Bertz CT molecular complexity index is 1190. The molecule has 0 bridgehead atoms. The molecule has 6 nitrogen and oxygen atoms in total. The number of Topliss-reactive ketones (excluding diaryl/α,β-unsaturated/α-hetero) is 1. The van der Waals surface area contributed by atoms with Crippen LogP contribution in [0, 0.1) is 5.41 Å². The van der Waals surface area contributed by atoms with E-state index in [1.807, 2.05) is 4.90 Å². The number of likely N-dealkylation sites (tertiary alicyclic amines) is 1. The van der Waals surface area contributed by atoms with Gasteiger partial charge >= 0.3 is 0 Å². The lowest BCUT2D eigenvalue weighted by Crippen LogP contribution is -2.27. The molecule has 0 unspecified atom stereocenters. The maximum Gasteiger partial charge on any atom is 0.257 e. The SMILES string of the molecule is N=C(c1ccc(C(=O)Cc2ccc(Cl)cc2C(=O)Nc2ccc(Cl)cn2)cc1)N1CCCC1. The molecule has 1 amide bonds. The van der Waals surface area contributed by atoms with Gasteiger partial charge in [0.2, 0.25) is 0 Å². The minimum absolute atomic E-state index is 0.0386. The molecule has 1 aliphatic rings. The number of pyridine rings is 1. The lowest BCUT2D eigenvalue weighted by atomic mass is 9.97. The number of aromatic nitrogens is 1. The van der Waals surface area contributed by atoms with Gasteiger partial charge in [-0.3, -0.25) is 15.0 Å². The largest absolute Gasteiger partial charge is 0.357 e. The number of amidine groups is 1. The van der Waals surface area contributed by atoms with Gasteiger partial charge in [-0.2, -0.15) is 0 Å². The Morgan fingerprint density at radius 2 is 1.61 bits per heavy atom. The first-order chi connectivity index (χ1) is 15.9. The predicted octanol–water partition coefficient (Wildman–Crippen LogP) is 5.49. The van der Waals surface area contributed by atoms with Crippen LogP contribution in [0.3, 0.4) is 0 Å². The van der Waals surface area contributed by atoms with Gasteiger partial charge in [0.05, 0.1) is 5.02 Å². The van der Waals surface area contributed by atoms with E-state index in [2.05, 4.69) is 10.3 Å². The van der Waals surface area contributed by atoms with Crippen LogP contribution in [0.2, 0.25) is 10.0 Å². The van der Waals surface area contributed by atoms with Crippen LogP contribution in [0.15, 0.2) is 60.8 Å². The van der Waals surface area contributed by atoms with E-state index in [0.717, 1.165) is 31.5 Å². The van der Waals surface area contributed by atoms with Gasteiger partial charge in [-0.15, -0.1) is 0 Å². The number of hydrogen-bond donors (Lipinski definition) is 2. The second kappa shape index (κ2) is 10.1. The summed E-state index contributed by atoms with van der Waals surface area (Å²) in [7, 11) is 0. The molecule has 168 valence electrons. The highest BCUT2D eigenvalue weighted by molar-refractivity contribution is 6.31. The summed E-state index contributed by atoms with van der Waals surface area (Å²) in [6.07, 6.45) is 3.68. The fourth-order valence-electron chi connectivity index (χ4n) is 3.76. The molecule has 1 aliphatic heterocycles. The van der Waals surface area contributed by atoms with Crippen LogP contribution in [-0.2, 0) is 6.42 Å². The van der Waals surface area contributed by atoms with Crippen molar-refractivity contribution in [2.24, 2.45) is 0 Å². The molecule has 2 aromatic carbocycles. The average Bonchev–Trinajstić information content (AvgIpc) is 3.36. The van der Waals surface area contributed by atoms with Crippen molar-refractivity contribution in [1.29, 1.82) is 5.41 Å². The van der Waals surface area contributed by atoms with Crippen molar-refractivity contribution < 1.29 is 9.59 Å². The third kappa shape index (κ3) is 5.59. The number of benzene rings is 2. The number of halogens is 2. The molecule has 0 atom stereocenters. The van der Waals surface area contributed by atoms with Crippen LogP contribution in [-0.4, -0.2) is 40.5 Å². The highest BCUT2D eigenvalue weighted by Gasteiger charge is 2.19. The summed E-state index contributed by atoms with van der Waals surface area (Å²) in [6, 6.07) is 15.2. The molecule has 0 spiro atoms. The van der Waals surface area contributed by atoms with Crippen molar-refractivity contribution in [1.82, 2.24) is 9.88 Å². The predicted molar refractivity (Wildman–Crippen MR) is 131 cm³/mol. The number of carbonyl (C=O) groups is 2. The van der Waals surface area contributed by atoms with Gasteiger partial charge in [0.15, 0.2) is 5.78 Å². The van der Waals surface area contributed by atoms with Crippen LogP contribution in [0.1, 0.15) is 44.7 Å². The van der Waals surface area contributed by atoms with Crippen LogP contribution in [0.4, 0.5) is 5.82 Å². The molecule has 33 heavy (non-hydrogen) atoms. The Morgan fingerprint density at radius 1 is 0.939 bits per heavy atom. The number of carbonyl (C=O) groups excluding carboxylic acids is 2. The Kier molecular flexibility index (Phi) is 7.06. The van der Waals surface area contributed by atoms with E-state index in [4.69, 9.17) is 28.6 Å². The van der Waals surface area contributed by atoms with Gasteiger partial charge in [-0.1, -0.05) is 53.5 Å². The van der Waals surface area contributed by atoms with Crippen LogP contribution < -0.4 is 5.32 Å². The molecule has 8 heteroatoms. The number of anilines is 1. The first kappa shape index (κ1) is 23.0. The van der Waals surface area contributed by atoms with Crippen LogP contribution >= 0.6 is 23.2 Å². The number of hydrogen-bond acceptors (Lipinski definition) is 4. The Hall–Kier alpha value is -3.22. The number of rotatable bonds is 6. The Labute approximate surface area is 202 Å². The zero-order chi connectivity index (χ0) is 23.4. The lowest BCUT2D eigenvalue weighted by Gasteiger charge is -2.18. The molecule has 4 rings (SSSR count). The second-order valence-electron chi connectivity index (χ2n) is 7.84. The third-order valence-electron chi connectivity index (χ3n) is 5.54. The highest BCUT2D eigenvalue weighted by atomic mass is 35.5. The van der Waals surface area contributed by atoms with E-state index < -0.39 is 5.91 Å². The smallest absolute Gasteiger partial charge is 0.257 e. The molecule has 1 aromatic heterocycles. The normalized spacial score (nSPS) is 13.1. The van der Waals surface area contributed by atoms with Crippen molar-refractivity contribution in [2.75, 3.05) is 18.4 Å². The molecule has 0 radical (unpaired) electrons. The van der Waals surface area contributed by atoms with E-state index in [1.54, 1.807) is 48.5 Å². The molecule has 2 heterocycles. The number of nitrogens with zero attached hydrogens (tertiary/aromatic N) is 2. The van der Waals surface area contributed by atoms with Crippen molar-refractivity contribution in [3.63, 3.8) is 0 Å². The number of amides is 1. The van der Waals surface area contributed by atoms with Gasteiger partial charge in [-0.25, -0.2) is 4.98 Å². The average molecular weight is 481 g/mol. The highest BCUT2D eigenvalue weighted by Crippen LogP contribution is 2.21. The summed E-state index contributed by atoms with van der Waals surface area (Å²) >= 11 is 12.0. The van der Waals surface area contributed by atoms with E-state index in [0.29, 0.717) is 38.4 Å². The molecule has 0 saturated carbocycles. The van der Waals surface area contributed by atoms with Crippen molar-refractivity contribution in [3.8, 4) is 0 Å². The minimum Gasteiger partial charge on any atom is -0.357 e. The molecule has 0 aliphatic carbocycles. The number of ketones is 1. The van der Waals surface area contributed by atoms with Gasteiger partial charge in [-0.05, 0) is 42.7 Å². The lowest BCUT2D eigenvalue weighted by molar-refractivity contribution is 0.0992. The summed E-state index contributed by atoms with van der Waals surface area (Å²) in [4.78, 5) is 31.9. The monoisotopic (exact) mass is 480 g/mol. The molecule has 2 N–H and O–H groups in total. The molecular formula is C25H22Cl2N4O2. The standard InChI is InChI=1S/C25H22Cl2N4O2/c26-19-8-7-18(21(14-19)25(33)30-23-10-9-20(27)15-29-23)13-22(32)16-3-5-17(6-4-16)24(28)31-11-1-2-12-31/h3-10,14-15,28H,1-2,11-13H2,(H,29,30,33). The molecule has 3 aromatic rings. The van der Waals surface area contributed by atoms with Crippen molar-refractivity contribution in [2.45, 2.75) is 19.3 Å². The number of nitrogens with one attached hydrogen (secondary N) is 2. The zero-order valence-electron chi connectivity index (χ0n) is 17.8. The van der Waals surface area contributed by atoms with Crippen LogP contribution in [0.5, 0.6) is 0 Å². The topological polar surface area (TPSA) is 86.1 Å². The van der Waals surface area contributed by atoms with E-state index in [1.165, 1.54) is 12.3 Å². The fourth-order valence-corrected chi connectivity index (χ4v) is 4.04. The van der Waals surface area contributed by atoms with Gasteiger partial charge < -0.3 is 10.2 Å². The summed E-state index contributed by atoms with van der Waals surface area (Å²) in [5, 5.41) is 11.9. The first-order valence-electron chi connectivity index (χ1n) is 10.6. The Balaban J connectivity index is 1.49. The maximum atomic E-state index is 13.0. The quantitative estimate of drug-likeness (QED) is 0.277. The zero-order valence-corrected chi connectivity index (χ0v) is 19.3.